The van der Waals surface area contributed by atoms with Crippen molar-refractivity contribution in [3.63, 3.8) is 0 Å². The zero-order chi connectivity index (χ0) is 21.8. The third-order valence-electron chi connectivity index (χ3n) is 5.60. The summed E-state index contributed by atoms with van der Waals surface area (Å²) in [6, 6.07) is 11.6. The maximum Gasteiger partial charge on any atom is 0.229 e. The van der Waals surface area contributed by atoms with Crippen LogP contribution in [0.1, 0.15) is 24.3 Å². The number of hydrogen-bond donors (Lipinski definition) is 0. The molecule has 1 unspecified atom stereocenters. The van der Waals surface area contributed by atoms with Gasteiger partial charge in [-0.2, -0.15) is 0 Å². The fourth-order valence-electron chi connectivity index (χ4n) is 3.89. The minimum Gasteiger partial charge on any atom is -0.497 e. The normalized spacial score (nSPS) is 17.0. The molecule has 0 N–H and O–H groups in total. The van der Waals surface area contributed by atoms with E-state index in [1.54, 1.807) is 14.0 Å². The van der Waals surface area contributed by atoms with Gasteiger partial charge in [0.15, 0.2) is 11.6 Å². The van der Waals surface area contributed by atoms with E-state index in [0.717, 1.165) is 49.2 Å². The highest BCUT2D eigenvalue weighted by atomic mass is 19.2. The molecule has 0 radical (unpaired) electrons. The predicted molar refractivity (Wildman–Crippen MR) is 113 cm³/mol. The molecule has 3 aromatic rings. The second-order valence-electron chi connectivity index (χ2n) is 7.85. The molecule has 31 heavy (non-hydrogen) atoms. The number of benzene rings is 2. The van der Waals surface area contributed by atoms with Crippen molar-refractivity contribution in [3.8, 4) is 23.0 Å². The second kappa shape index (κ2) is 9.47. The SMILES string of the molecule is COc1ccc(OCC2CCCN(Cc3nc(-c4cccc(F)c4F)oc3C)C2)cc1. The van der Waals surface area contributed by atoms with Gasteiger partial charge in [0.2, 0.25) is 5.89 Å². The first-order valence-electron chi connectivity index (χ1n) is 10.4. The maximum absolute atomic E-state index is 14.1. The van der Waals surface area contributed by atoms with Crippen molar-refractivity contribution in [3.05, 3.63) is 65.6 Å². The summed E-state index contributed by atoms with van der Waals surface area (Å²) in [7, 11) is 1.64. The van der Waals surface area contributed by atoms with Gasteiger partial charge in [-0.05, 0) is 62.7 Å². The summed E-state index contributed by atoms with van der Waals surface area (Å²) in [6.07, 6.45) is 2.17. The second-order valence-corrected chi connectivity index (χ2v) is 7.85. The van der Waals surface area contributed by atoms with Crippen molar-refractivity contribution in [1.29, 1.82) is 0 Å². The Morgan fingerprint density at radius 1 is 1.13 bits per heavy atom. The van der Waals surface area contributed by atoms with Crippen LogP contribution in [0.5, 0.6) is 11.5 Å². The number of piperidine rings is 1. The first kappa shape index (κ1) is 21.3. The zero-order valence-electron chi connectivity index (χ0n) is 17.7. The number of nitrogens with zero attached hydrogens (tertiary/aromatic N) is 2. The van der Waals surface area contributed by atoms with Crippen LogP contribution in [0.4, 0.5) is 8.78 Å². The largest absolute Gasteiger partial charge is 0.497 e. The van der Waals surface area contributed by atoms with E-state index in [2.05, 4.69) is 9.88 Å². The number of aryl methyl sites for hydroxylation is 1. The van der Waals surface area contributed by atoms with Crippen LogP contribution >= 0.6 is 0 Å². The van der Waals surface area contributed by atoms with Crippen LogP contribution in [0.25, 0.3) is 11.5 Å². The summed E-state index contributed by atoms with van der Waals surface area (Å²) in [6.45, 7) is 4.88. The molecule has 2 heterocycles. The van der Waals surface area contributed by atoms with Gasteiger partial charge in [0.1, 0.15) is 17.3 Å². The van der Waals surface area contributed by atoms with Crippen LogP contribution in [0.3, 0.4) is 0 Å². The highest BCUT2D eigenvalue weighted by molar-refractivity contribution is 5.54. The van der Waals surface area contributed by atoms with Crippen molar-refractivity contribution in [2.75, 3.05) is 26.8 Å². The summed E-state index contributed by atoms with van der Waals surface area (Å²) in [5.41, 5.74) is 0.786. The lowest BCUT2D eigenvalue weighted by molar-refractivity contribution is 0.124. The molecule has 0 amide bonds. The maximum atomic E-state index is 14.1. The minimum atomic E-state index is -0.941. The number of hydrogen-bond acceptors (Lipinski definition) is 5. The number of rotatable bonds is 7. The Labute approximate surface area is 180 Å². The van der Waals surface area contributed by atoms with Crippen LogP contribution < -0.4 is 9.47 Å². The molecule has 0 aliphatic carbocycles. The molecule has 1 aliphatic rings. The Morgan fingerprint density at radius 2 is 1.90 bits per heavy atom. The minimum absolute atomic E-state index is 0.0405. The van der Waals surface area contributed by atoms with Crippen LogP contribution in [-0.2, 0) is 6.54 Å². The van der Waals surface area contributed by atoms with E-state index in [9.17, 15) is 8.78 Å². The molecule has 1 saturated heterocycles. The molecular formula is C24H26F2N2O3. The first-order valence-corrected chi connectivity index (χ1v) is 10.4. The van der Waals surface area contributed by atoms with Crippen molar-refractivity contribution >= 4 is 0 Å². The Balaban J connectivity index is 1.37. The Morgan fingerprint density at radius 3 is 2.68 bits per heavy atom. The van der Waals surface area contributed by atoms with E-state index in [-0.39, 0.29) is 11.5 Å². The summed E-state index contributed by atoms with van der Waals surface area (Å²) in [4.78, 5) is 6.76. The lowest BCUT2D eigenvalue weighted by Crippen LogP contribution is -2.37. The summed E-state index contributed by atoms with van der Waals surface area (Å²) < 4.78 is 44.4. The number of likely N-dealkylation sites (tertiary alicyclic amines) is 1. The van der Waals surface area contributed by atoms with Crippen LogP contribution in [-0.4, -0.2) is 36.7 Å². The van der Waals surface area contributed by atoms with E-state index >= 15 is 0 Å². The average Bonchev–Trinajstić information content (AvgIpc) is 3.14. The standard InChI is InChI=1S/C24H26F2N2O3/c1-16-22(27-24(31-16)20-6-3-7-21(25)23(20)26)14-28-12-4-5-17(13-28)15-30-19-10-8-18(29-2)9-11-19/h3,6-11,17H,4-5,12-15H2,1-2H3. The fourth-order valence-corrected chi connectivity index (χ4v) is 3.89. The van der Waals surface area contributed by atoms with Gasteiger partial charge in [-0.25, -0.2) is 13.8 Å². The Hall–Kier alpha value is -2.93. The molecule has 2 aromatic carbocycles. The lowest BCUT2D eigenvalue weighted by atomic mass is 9.99. The summed E-state index contributed by atoms with van der Waals surface area (Å²) in [5, 5.41) is 0. The van der Waals surface area contributed by atoms with Gasteiger partial charge in [0.05, 0.1) is 25.0 Å². The molecule has 1 atom stereocenters. The van der Waals surface area contributed by atoms with Crippen molar-refractivity contribution < 1.29 is 22.7 Å². The molecule has 164 valence electrons. The first-order chi connectivity index (χ1) is 15.0. The third kappa shape index (κ3) is 5.05. The molecule has 4 rings (SSSR count). The topological polar surface area (TPSA) is 47.7 Å². The highest BCUT2D eigenvalue weighted by Gasteiger charge is 2.23. The van der Waals surface area contributed by atoms with Gasteiger partial charge < -0.3 is 13.9 Å². The van der Waals surface area contributed by atoms with Crippen molar-refractivity contribution in [1.82, 2.24) is 9.88 Å². The summed E-state index contributed by atoms with van der Waals surface area (Å²) in [5.74, 6) is 0.915. The lowest BCUT2D eigenvalue weighted by Gasteiger charge is -2.32. The molecule has 5 nitrogen and oxygen atoms in total. The number of aromatic nitrogens is 1. The average molecular weight is 428 g/mol. The van der Waals surface area contributed by atoms with Gasteiger partial charge >= 0.3 is 0 Å². The van der Waals surface area contributed by atoms with Gasteiger partial charge in [0, 0.05) is 19.0 Å². The number of methoxy groups -OCH3 is 1. The number of ether oxygens (including phenoxy) is 2. The monoisotopic (exact) mass is 428 g/mol. The van der Waals surface area contributed by atoms with Gasteiger partial charge in [-0.15, -0.1) is 0 Å². The highest BCUT2D eigenvalue weighted by Crippen LogP contribution is 2.27. The third-order valence-corrected chi connectivity index (χ3v) is 5.60. The zero-order valence-corrected chi connectivity index (χ0v) is 17.7. The van der Waals surface area contributed by atoms with E-state index in [0.29, 0.717) is 24.8 Å². The van der Waals surface area contributed by atoms with Gasteiger partial charge in [0.25, 0.3) is 0 Å². The Bertz CT molecular complexity index is 1020. The van der Waals surface area contributed by atoms with Crippen LogP contribution in [0, 0.1) is 24.5 Å². The van der Waals surface area contributed by atoms with Gasteiger partial charge in [-0.1, -0.05) is 6.07 Å². The van der Waals surface area contributed by atoms with E-state index < -0.39 is 11.6 Å². The van der Waals surface area contributed by atoms with Crippen LogP contribution in [0.2, 0.25) is 0 Å². The smallest absolute Gasteiger partial charge is 0.229 e. The predicted octanol–water partition coefficient (Wildman–Crippen LogP) is 5.23. The van der Waals surface area contributed by atoms with Crippen LogP contribution in [0.15, 0.2) is 46.9 Å². The van der Waals surface area contributed by atoms with E-state index in [1.807, 2.05) is 24.3 Å². The molecule has 0 spiro atoms. The summed E-state index contributed by atoms with van der Waals surface area (Å²) >= 11 is 0. The fraction of sp³-hybridized carbons (Fsp3) is 0.375. The molecule has 0 bridgehead atoms. The molecular weight excluding hydrogens is 402 g/mol. The molecule has 0 saturated carbocycles. The van der Waals surface area contributed by atoms with Crippen molar-refractivity contribution in [2.24, 2.45) is 5.92 Å². The quantitative estimate of drug-likeness (QED) is 0.516. The number of halogens is 2. The molecule has 1 aromatic heterocycles. The van der Waals surface area contributed by atoms with E-state index in [1.165, 1.54) is 12.1 Å². The molecule has 1 aliphatic heterocycles. The Kier molecular flexibility index (Phi) is 6.51. The van der Waals surface area contributed by atoms with Crippen molar-refractivity contribution in [2.45, 2.75) is 26.3 Å². The molecule has 1 fully saturated rings. The van der Waals surface area contributed by atoms with E-state index in [4.69, 9.17) is 13.9 Å². The number of oxazole rings is 1. The van der Waals surface area contributed by atoms with Gasteiger partial charge in [-0.3, -0.25) is 4.90 Å². The molecule has 7 heteroatoms.